The van der Waals surface area contributed by atoms with Crippen molar-refractivity contribution >= 4 is 21.9 Å². The number of amides is 1. The number of carboxylic acid groups (broad SMARTS) is 1. The summed E-state index contributed by atoms with van der Waals surface area (Å²) in [6.07, 6.45) is 1.27. The summed E-state index contributed by atoms with van der Waals surface area (Å²) in [7, 11) is -1.93. The minimum Gasteiger partial charge on any atom is -0.481 e. The van der Waals surface area contributed by atoms with Crippen LogP contribution in [0.4, 0.5) is 0 Å². The molecule has 110 valence electrons. The van der Waals surface area contributed by atoms with E-state index in [1.165, 1.54) is 11.4 Å². The SMILES string of the molecule is CNC(=O)C1CCCN(S(=O)(=O)CCCC(=O)O)C1. The first-order valence-corrected chi connectivity index (χ1v) is 7.89. The number of aliphatic carboxylic acids is 1. The smallest absolute Gasteiger partial charge is 0.303 e. The summed E-state index contributed by atoms with van der Waals surface area (Å²) in [4.78, 5) is 21.9. The molecule has 1 saturated heterocycles. The van der Waals surface area contributed by atoms with E-state index in [-0.39, 0.29) is 37.0 Å². The first kappa shape index (κ1) is 15.9. The highest BCUT2D eigenvalue weighted by Crippen LogP contribution is 2.20. The molecule has 2 N–H and O–H groups in total. The van der Waals surface area contributed by atoms with Gasteiger partial charge < -0.3 is 10.4 Å². The minimum absolute atomic E-state index is 0.0960. The van der Waals surface area contributed by atoms with E-state index >= 15 is 0 Å². The predicted octanol–water partition coefficient (Wildman–Crippen LogP) is -0.361. The summed E-state index contributed by atoms with van der Waals surface area (Å²) in [5.74, 6) is -1.64. The standard InChI is InChI=1S/C11H20N2O5S/c1-12-11(16)9-4-2-6-13(8-9)19(17,18)7-3-5-10(14)15/h9H,2-8H2,1H3,(H,12,16)(H,14,15). The molecule has 0 radical (unpaired) electrons. The number of hydrogen-bond donors (Lipinski definition) is 2. The van der Waals surface area contributed by atoms with Crippen LogP contribution < -0.4 is 5.32 Å². The van der Waals surface area contributed by atoms with Crippen LogP contribution in [0.2, 0.25) is 0 Å². The van der Waals surface area contributed by atoms with Crippen molar-refractivity contribution in [2.75, 3.05) is 25.9 Å². The number of rotatable bonds is 6. The van der Waals surface area contributed by atoms with E-state index in [1.807, 2.05) is 0 Å². The van der Waals surface area contributed by atoms with Crippen LogP contribution in [-0.2, 0) is 19.6 Å². The van der Waals surface area contributed by atoms with E-state index in [9.17, 15) is 18.0 Å². The van der Waals surface area contributed by atoms with Gasteiger partial charge in [-0.05, 0) is 19.3 Å². The quantitative estimate of drug-likeness (QED) is 0.695. The number of carboxylic acids is 1. The fraction of sp³-hybridized carbons (Fsp3) is 0.818. The third-order valence-electron chi connectivity index (χ3n) is 3.19. The van der Waals surface area contributed by atoms with Crippen LogP contribution in [0.3, 0.4) is 0 Å². The molecule has 8 heteroatoms. The van der Waals surface area contributed by atoms with Crippen LogP contribution in [-0.4, -0.2) is 55.6 Å². The molecule has 0 aromatic carbocycles. The number of piperidine rings is 1. The van der Waals surface area contributed by atoms with Gasteiger partial charge in [-0.1, -0.05) is 0 Å². The Kier molecular flexibility index (Phi) is 5.74. The normalized spacial score (nSPS) is 21.0. The summed E-state index contributed by atoms with van der Waals surface area (Å²) in [6, 6.07) is 0. The topological polar surface area (TPSA) is 104 Å². The predicted molar refractivity (Wildman–Crippen MR) is 69.0 cm³/mol. The fourth-order valence-corrected chi connectivity index (χ4v) is 3.73. The third-order valence-corrected chi connectivity index (χ3v) is 5.11. The average molecular weight is 292 g/mol. The van der Waals surface area contributed by atoms with Crippen molar-refractivity contribution in [1.82, 2.24) is 9.62 Å². The summed E-state index contributed by atoms with van der Waals surface area (Å²) < 4.78 is 25.4. The number of nitrogens with zero attached hydrogens (tertiary/aromatic N) is 1. The Morgan fingerprint density at radius 1 is 1.42 bits per heavy atom. The molecule has 1 amide bonds. The van der Waals surface area contributed by atoms with E-state index in [1.54, 1.807) is 0 Å². The number of hydrogen-bond acceptors (Lipinski definition) is 4. The van der Waals surface area contributed by atoms with E-state index < -0.39 is 16.0 Å². The van der Waals surface area contributed by atoms with Crippen molar-refractivity contribution in [3.8, 4) is 0 Å². The monoisotopic (exact) mass is 292 g/mol. The van der Waals surface area contributed by atoms with Crippen molar-refractivity contribution in [2.45, 2.75) is 25.7 Å². The molecule has 7 nitrogen and oxygen atoms in total. The second-order valence-corrected chi connectivity index (χ2v) is 6.71. The van der Waals surface area contributed by atoms with Gasteiger partial charge >= 0.3 is 5.97 Å². The van der Waals surface area contributed by atoms with Gasteiger partial charge in [-0.15, -0.1) is 0 Å². The summed E-state index contributed by atoms with van der Waals surface area (Å²) >= 11 is 0. The molecular formula is C11H20N2O5S. The number of carbonyl (C=O) groups is 2. The van der Waals surface area contributed by atoms with Crippen LogP contribution in [0.5, 0.6) is 0 Å². The lowest BCUT2D eigenvalue weighted by molar-refractivity contribution is -0.137. The Morgan fingerprint density at radius 3 is 2.68 bits per heavy atom. The summed E-state index contributed by atoms with van der Waals surface area (Å²) in [5, 5.41) is 11.0. The van der Waals surface area contributed by atoms with Gasteiger partial charge in [-0.25, -0.2) is 12.7 Å². The molecule has 1 aliphatic rings. The molecule has 0 spiro atoms. The van der Waals surface area contributed by atoms with Crippen LogP contribution in [0.1, 0.15) is 25.7 Å². The van der Waals surface area contributed by atoms with E-state index in [2.05, 4.69) is 5.32 Å². The third kappa shape index (κ3) is 4.79. The Balaban J connectivity index is 2.57. The van der Waals surface area contributed by atoms with E-state index in [0.717, 1.165) is 0 Å². The van der Waals surface area contributed by atoms with Gasteiger partial charge in [-0.2, -0.15) is 0 Å². The van der Waals surface area contributed by atoms with Crippen molar-refractivity contribution in [2.24, 2.45) is 5.92 Å². The highest BCUT2D eigenvalue weighted by molar-refractivity contribution is 7.89. The maximum atomic E-state index is 12.0. The highest BCUT2D eigenvalue weighted by atomic mass is 32.2. The minimum atomic E-state index is -3.46. The molecule has 19 heavy (non-hydrogen) atoms. The average Bonchev–Trinajstić information content (AvgIpc) is 2.37. The Hall–Kier alpha value is -1.15. The molecule has 0 saturated carbocycles. The maximum Gasteiger partial charge on any atom is 0.303 e. The summed E-state index contributed by atoms with van der Waals surface area (Å²) in [6.45, 7) is 0.595. The highest BCUT2D eigenvalue weighted by Gasteiger charge is 2.31. The summed E-state index contributed by atoms with van der Waals surface area (Å²) in [5.41, 5.74) is 0. The molecule has 1 fully saturated rings. The number of sulfonamides is 1. The van der Waals surface area contributed by atoms with Crippen molar-refractivity contribution in [3.05, 3.63) is 0 Å². The van der Waals surface area contributed by atoms with Gasteiger partial charge in [0.1, 0.15) is 0 Å². The molecule has 1 heterocycles. The van der Waals surface area contributed by atoms with Gasteiger partial charge in [0.05, 0.1) is 11.7 Å². The van der Waals surface area contributed by atoms with Gasteiger partial charge in [0.15, 0.2) is 0 Å². The molecule has 0 aliphatic carbocycles. The van der Waals surface area contributed by atoms with Gasteiger partial charge in [-0.3, -0.25) is 9.59 Å². The van der Waals surface area contributed by atoms with Crippen LogP contribution in [0.15, 0.2) is 0 Å². The Bertz CT molecular complexity index is 434. The molecule has 0 aromatic rings. The molecule has 1 unspecified atom stereocenters. The molecule has 1 aliphatic heterocycles. The molecule has 0 aromatic heterocycles. The van der Waals surface area contributed by atoms with Gasteiger partial charge in [0, 0.05) is 26.6 Å². The Labute approximate surface area is 113 Å². The number of carbonyl (C=O) groups excluding carboxylic acids is 1. The first-order valence-electron chi connectivity index (χ1n) is 6.28. The van der Waals surface area contributed by atoms with Gasteiger partial charge in [0.25, 0.3) is 0 Å². The van der Waals surface area contributed by atoms with Crippen molar-refractivity contribution in [1.29, 1.82) is 0 Å². The Morgan fingerprint density at radius 2 is 2.11 bits per heavy atom. The van der Waals surface area contributed by atoms with Gasteiger partial charge in [0.2, 0.25) is 15.9 Å². The van der Waals surface area contributed by atoms with Crippen molar-refractivity contribution < 1.29 is 23.1 Å². The fourth-order valence-electron chi connectivity index (χ4n) is 2.15. The second kappa shape index (κ2) is 6.85. The molecule has 0 bridgehead atoms. The lowest BCUT2D eigenvalue weighted by Crippen LogP contribution is -2.45. The van der Waals surface area contributed by atoms with E-state index in [0.29, 0.717) is 19.4 Å². The molecule has 1 atom stereocenters. The van der Waals surface area contributed by atoms with Crippen molar-refractivity contribution in [3.63, 3.8) is 0 Å². The maximum absolute atomic E-state index is 12.0. The zero-order valence-electron chi connectivity index (χ0n) is 11.0. The number of nitrogens with one attached hydrogen (secondary N) is 1. The van der Waals surface area contributed by atoms with E-state index in [4.69, 9.17) is 5.11 Å². The second-order valence-electron chi connectivity index (χ2n) is 4.62. The van der Waals surface area contributed by atoms with Crippen LogP contribution >= 0.6 is 0 Å². The first-order chi connectivity index (χ1) is 8.86. The lowest BCUT2D eigenvalue weighted by atomic mass is 9.99. The van der Waals surface area contributed by atoms with Crippen LogP contribution in [0, 0.1) is 5.92 Å². The van der Waals surface area contributed by atoms with Crippen LogP contribution in [0.25, 0.3) is 0 Å². The molecular weight excluding hydrogens is 272 g/mol. The zero-order chi connectivity index (χ0) is 14.5. The largest absolute Gasteiger partial charge is 0.481 e. The lowest BCUT2D eigenvalue weighted by Gasteiger charge is -2.30. The zero-order valence-corrected chi connectivity index (χ0v) is 11.8. The molecule has 1 rings (SSSR count).